The number of hydrogen-bond donors (Lipinski definition) is 2. The van der Waals surface area contributed by atoms with E-state index < -0.39 is 11.5 Å². The smallest absolute Gasteiger partial charge is 0.323 e. The molecule has 4 nitrogen and oxygen atoms in total. The van der Waals surface area contributed by atoms with Gasteiger partial charge in [0, 0.05) is 17.3 Å². The SMILES string of the molecule is CC(C)(NCc1nc(C(C)(C)C)cs1)C(=O)O. The summed E-state index contributed by atoms with van der Waals surface area (Å²) in [5.41, 5.74) is 0.164. The van der Waals surface area contributed by atoms with E-state index >= 15 is 0 Å². The highest BCUT2D eigenvalue weighted by Crippen LogP contribution is 2.24. The molecule has 0 fully saturated rings. The van der Waals surface area contributed by atoms with Crippen molar-refractivity contribution in [3.05, 3.63) is 16.1 Å². The van der Waals surface area contributed by atoms with E-state index in [1.54, 1.807) is 25.2 Å². The van der Waals surface area contributed by atoms with Gasteiger partial charge in [0.2, 0.25) is 0 Å². The van der Waals surface area contributed by atoms with Crippen LogP contribution in [0.5, 0.6) is 0 Å². The molecule has 17 heavy (non-hydrogen) atoms. The molecule has 1 aromatic rings. The first-order valence-corrected chi connectivity index (χ1v) is 6.44. The van der Waals surface area contributed by atoms with Gasteiger partial charge >= 0.3 is 5.97 Å². The fraction of sp³-hybridized carbons (Fsp3) is 0.667. The van der Waals surface area contributed by atoms with E-state index in [4.69, 9.17) is 5.11 Å². The lowest BCUT2D eigenvalue weighted by Crippen LogP contribution is -2.46. The lowest BCUT2D eigenvalue weighted by atomic mass is 9.93. The number of rotatable bonds is 4. The van der Waals surface area contributed by atoms with Crippen LogP contribution < -0.4 is 5.32 Å². The van der Waals surface area contributed by atoms with Gasteiger partial charge in [-0.1, -0.05) is 20.8 Å². The summed E-state index contributed by atoms with van der Waals surface area (Å²) in [7, 11) is 0. The van der Waals surface area contributed by atoms with Crippen molar-refractivity contribution in [3.63, 3.8) is 0 Å². The molecule has 2 N–H and O–H groups in total. The molecule has 0 saturated heterocycles. The molecule has 1 heterocycles. The van der Waals surface area contributed by atoms with Gasteiger partial charge in [-0.2, -0.15) is 0 Å². The Morgan fingerprint density at radius 2 is 2.00 bits per heavy atom. The van der Waals surface area contributed by atoms with E-state index in [1.807, 2.05) is 5.38 Å². The number of nitrogens with one attached hydrogen (secondary N) is 1. The molecule has 0 amide bonds. The minimum atomic E-state index is -0.923. The third kappa shape index (κ3) is 3.78. The van der Waals surface area contributed by atoms with E-state index in [1.165, 1.54) is 0 Å². The Hall–Kier alpha value is -0.940. The van der Waals surface area contributed by atoms with Gasteiger partial charge < -0.3 is 5.11 Å². The Labute approximate surface area is 106 Å². The Morgan fingerprint density at radius 3 is 2.41 bits per heavy atom. The molecule has 96 valence electrons. The first-order chi connectivity index (χ1) is 7.63. The van der Waals surface area contributed by atoms with Gasteiger partial charge in [-0.25, -0.2) is 4.98 Å². The topological polar surface area (TPSA) is 62.2 Å². The fourth-order valence-corrected chi connectivity index (χ4v) is 2.07. The van der Waals surface area contributed by atoms with Crippen LogP contribution in [-0.2, 0) is 16.8 Å². The Kier molecular flexibility index (Phi) is 3.94. The van der Waals surface area contributed by atoms with Crippen molar-refractivity contribution in [2.45, 2.75) is 52.1 Å². The maximum absolute atomic E-state index is 10.9. The molecule has 0 aliphatic rings. The van der Waals surface area contributed by atoms with Crippen LogP contribution in [0.2, 0.25) is 0 Å². The average Bonchev–Trinajstić information content (AvgIpc) is 2.62. The summed E-state index contributed by atoms with van der Waals surface area (Å²) < 4.78 is 0. The monoisotopic (exact) mass is 256 g/mol. The van der Waals surface area contributed by atoms with Crippen LogP contribution in [0.15, 0.2) is 5.38 Å². The molecule has 5 heteroatoms. The Bertz CT molecular complexity index is 405. The number of nitrogens with zero attached hydrogens (tertiary/aromatic N) is 1. The van der Waals surface area contributed by atoms with Crippen molar-refractivity contribution in [3.8, 4) is 0 Å². The van der Waals surface area contributed by atoms with Gasteiger partial charge in [0.1, 0.15) is 10.5 Å². The first-order valence-electron chi connectivity index (χ1n) is 5.56. The van der Waals surface area contributed by atoms with Crippen LogP contribution in [0.3, 0.4) is 0 Å². The van der Waals surface area contributed by atoms with Crippen LogP contribution in [0.4, 0.5) is 0 Å². The van der Waals surface area contributed by atoms with E-state index in [0.717, 1.165) is 10.7 Å². The highest BCUT2D eigenvalue weighted by Gasteiger charge is 2.26. The van der Waals surface area contributed by atoms with Crippen LogP contribution in [0.25, 0.3) is 0 Å². The van der Waals surface area contributed by atoms with E-state index in [-0.39, 0.29) is 5.41 Å². The zero-order valence-corrected chi connectivity index (χ0v) is 11.8. The minimum absolute atomic E-state index is 0.0388. The van der Waals surface area contributed by atoms with Crippen molar-refractivity contribution in [1.82, 2.24) is 10.3 Å². The number of thiazole rings is 1. The average molecular weight is 256 g/mol. The molecule has 0 saturated carbocycles. The van der Waals surface area contributed by atoms with Gasteiger partial charge in [-0.15, -0.1) is 11.3 Å². The predicted molar refractivity (Wildman–Crippen MR) is 69.4 cm³/mol. The van der Waals surface area contributed by atoms with Crippen LogP contribution in [-0.4, -0.2) is 21.6 Å². The number of aromatic nitrogens is 1. The standard InChI is InChI=1S/C12H20N2O2S/c1-11(2,3)8-7-17-9(14-8)6-13-12(4,5)10(15)16/h7,13H,6H2,1-5H3,(H,15,16). The molecule has 0 unspecified atom stereocenters. The maximum atomic E-state index is 10.9. The first kappa shape index (κ1) is 14.1. The molecule has 1 aromatic heterocycles. The molecular formula is C12H20N2O2S. The maximum Gasteiger partial charge on any atom is 0.323 e. The van der Waals surface area contributed by atoms with Crippen molar-refractivity contribution < 1.29 is 9.90 Å². The van der Waals surface area contributed by atoms with Crippen molar-refractivity contribution in [2.24, 2.45) is 0 Å². The highest BCUT2D eigenvalue weighted by atomic mass is 32.1. The summed E-state index contributed by atoms with van der Waals surface area (Å²) in [5, 5.41) is 14.9. The number of hydrogen-bond acceptors (Lipinski definition) is 4. The third-order valence-electron chi connectivity index (χ3n) is 2.54. The van der Waals surface area contributed by atoms with Crippen LogP contribution >= 0.6 is 11.3 Å². The number of carboxylic acids is 1. The molecule has 0 aliphatic heterocycles. The Morgan fingerprint density at radius 1 is 1.41 bits per heavy atom. The fourth-order valence-electron chi connectivity index (χ4n) is 1.11. The molecule has 0 bridgehead atoms. The molecule has 0 spiro atoms. The molecule has 1 rings (SSSR count). The quantitative estimate of drug-likeness (QED) is 0.868. The molecule has 0 aliphatic carbocycles. The lowest BCUT2D eigenvalue weighted by molar-refractivity contribution is -0.143. The van der Waals surface area contributed by atoms with Gasteiger partial charge in [0.25, 0.3) is 0 Å². The third-order valence-corrected chi connectivity index (χ3v) is 3.39. The van der Waals surface area contributed by atoms with Gasteiger partial charge in [-0.3, -0.25) is 10.1 Å². The minimum Gasteiger partial charge on any atom is -0.480 e. The second kappa shape index (κ2) is 4.74. The lowest BCUT2D eigenvalue weighted by Gasteiger charge is -2.20. The molecule has 0 radical (unpaired) electrons. The van der Waals surface area contributed by atoms with Crippen molar-refractivity contribution in [2.75, 3.05) is 0 Å². The van der Waals surface area contributed by atoms with E-state index in [9.17, 15) is 4.79 Å². The second-order valence-corrected chi connectivity index (χ2v) is 6.60. The van der Waals surface area contributed by atoms with Gasteiger partial charge in [0.15, 0.2) is 0 Å². The zero-order chi connectivity index (χ0) is 13.3. The summed E-state index contributed by atoms with van der Waals surface area (Å²) in [6, 6.07) is 0. The largest absolute Gasteiger partial charge is 0.480 e. The van der Waals surface area contributed by atoms with E-state index in [0.29, 0.717) is 6.54 Å². The highest BCUT2D eigenvalue weighted by molar-refractivity contribution is 7.09. The summed E-state index contributed by atoms with van der Waals surface area (Å²) in [4.78, 5) is 15.4. The zero-order valence-electron chi connectivity index (χ0n) is 11.0. The molecule has 0 atom stereocenters. The van der Waals surface area contributed by atoms with Gasteiger partial charge in [-0.05, 0) is 13.8 Å². The Balaban J connectivity index is 2.66. The van der Waals surface area contributed by atoms with Crippen LogP contribution in [0.1, 0.15) is 45.3 Å². The molecular weight excluding hydrogens is 236 g/mol. The normalized spacial score (nSPS) is 12.8. The van der Waals surface area contributed by atoms with Crippen molar-refractivity contribution >= 4 is 17.3 Å². The molecule has 0 aromatic carbocycles. The van der Waals surface area contributed by atoms with Gasteiger partial charge in [0.05, 0.1) is 5.69 Å². The van der Waals surface area contributed by atoms with Crippen LogP contribution in [0, 0.1) is 0 Å². The summed E-state index contributed by atoms with van der Waals surface area (Å²) >= 11 is 1.56. The predicted octanol–water partition coefficient (Wildman–Crippen LogP) is 2.39. The summed E-state index contributed by atoms with van der Waals surface area (Å²) in [6.45, 7) is 10.1. The number of aliphatic carboxylic acids is 1. The summed E-state index contributed by atoms with van der Waals surface area (Å²) in [6.07, 6.45) is 0. The summed E-state index contributed by atoms with van der Waals surface area (Å²) in [5.74, 6) is -0.856. The second-order valence-electron chi connectivity index (χ2n) is 5.66. The number of carboxylic acid groups (broad SMARTS) is 1. The van der Waals surface area contributed by atoms with Crippen molar-refractivity contribution in [1.29, 1.82) is 0 Å². The van der Waals surface area contributed by atoms with E-state index in [2.05, 4.69) is 31.1 Å². The number of carbonyl (C=O) groups is 1.